The average Bonchev–Trinajstić information content (AvgIpc) is 3.00. The Morgan fingerprint density at radius 1 is 1.20 bits per heavy atom. The summed E-state index contributed by atoms with van der Waals surface area (Å²) in [6.45, 7) is 3.07. The Kier molecular flexibility index (Phi) is 8.84. The monoisotopic (exact) mass is 423 g/mol. The Morgan fingerprint density at radius 3 is 2.56 bits per heavy atom. The summed E-state index contributed by atoms with van der Waals surface area (Å²) in [5.74, 6) is -0.440. The summed E-state index contributed by atoms with van der Waals surface area (Å²) < 4.78 is 26.8. The van der Waals surface area contributed by atoms with Crippen LogP contribution < -0.4 is 15.4 Å². The molecular formula is C15H19Cl2N3O3S2. The van der Waals surface area contributed by atoms with Crippen LogP contribution in [0.2, 0.25) is 4.34 Å². The number of carbonyl (C=O) groups excluding carboxylic acids is 1. The van der Waals surface area contributed by atoms with E-state index >= 15 is 0 Å². The van der Waals surface area contributed by atoms with Gasteiger partial charge in [-0.2, -0.15) is 0 Å². The van der Waals surface area contributed by atoms with Gasteiger partial charge < -0.3 is 10.6 Å². The van der Waals surface area contributed by atoms with E-state index in [1.165, 1.54) is 12.1 Å². The number of hydrogen-bond acceptors (Lipinski definition) is 5. The maximum absolute atomic E-state index is 12.1. The minimum absolute atomic E-state index is 0. The molecule has 0 radical (unpaired) electrons. The number of carbonyl (C=O) groups is 1. The van der Waals surface area contributed by atoms with Crippen molar-refractivity contribution in [2.24, 2.45) is 0 Å². The van der Waals surface area contributed by atoms with Gasteiger partial charge in [0.2, 0.25) is 5.91 Å². The topological polar surface area (TPSA) is 87.3 Å². The summed E-state index contributed by atoms with van der Waals surface area (Å²) in [7, 11) is -3.74. The van der Waals surface area contributed by atoms with E-state index in [9.17, 15) is 13.2 Å². The fourth-order valence-electron chi connectivity index (χ4n) is 1.92. The number of anilines is 1. The molecule has 25 heavy (non-hydrogen) atoms. The smallest absolute Gasteiger partial charge is 0.250 e. The number of benzene rings is 1. The van der Waals surface area contributed by atoms with E-state index in [2.05, 4.69) is 15.4 Å². The molecule has 138 valence electrons. The Labute approximate surface area is 162 Å². The van der Waals surface area contributed by atoms with Crippen LogP contribution in [0.4, 0.5) is 5.69 Å². The van der Waals surface area contributed by atoms with Crippen LogP contribution >= 0.6 is 35.3 Å². The van der Waals surface area contributed by atoms with Crippen molar-refractivity contribution in [3.05, 3.63) is 46.3 Å². The molecule has 0 atom stereocenters. The number of para-hydroxylation sites is 1. The Balaban J connectivity index is 0.00000312. The second-order valence-electron chi connectivity index (χ2n) is 4.87. The van der Waals surface area contributed by atoms with Crippen molar-refractivity contribution in [3.8, 4) is 0 Å². The number of hydrogen-bond donors (Lipinski definition) is 3. The van der Waals surface area contributed by atoms with Crippen molar-refractivity contribution >= 4 is 57.0 Å². The van der Waals surface area contributed by atoms with Gasteiger partial charge in [0.05, 0.1) is 10.9 Å². The van der Waals surface area contributed by atoms with Crippen LogP contribution in [-0.4, -0.2) is 27.4 Å². The zero-order chi connectivity index (χ0) is 17.6. The lowest BCUT2D eigenvalue weighted by Crippen LogP contribution is -2.32. The van der Waals surface area contributed by atoms with Crippen molar-refractivity contribution in [3.63, 3.8) is 0 Å². The fraction of sp³-hybridized carbons (Fsp3) is 0.267. The SMILES string of the molecule is CCNCc1ccccc1NC(=O)CNS(=O)(=O)c1ccc(Cl)s1.Cl. The van der Waals surface area contributed by atoms with E-state index in [0.29, 0.717) is 16.6 Å². The van der Waals surface area contributed by atoms with Gasteiger partial charge in [-0.15, -0.1) is 23.7 Å². The summed E-state index contributed by atoms with van der Waals surface area (Å²) >= 11 is 6.67. The molecule has 0 aliphatic rings. The molecule has 0 fully saturated rings. The van der Waals surface area contributed by atoms with E-state index in [0.717, 1.165) is 23.4 Å². The van der Waals surface area contributed by atoms with Gasteiger partial charge in [0.25, 0.3) is 10.0 Å². The maximum Gasteiger partial charge on any atom is 0.250 e. The van der Waals surface area contributed by atoms with Gasteiger partial charge in [-0.3, -0.25) is 4.79 Å². The molecular weight excluding hydrogens is 405 g/mol. The summed E-state index contributed by atoms with van der Waals surface area (Å²) in [5, 5.41) is 5.90. The molecule has 1 aromatic heterocycles. The molecule has 1 aromatic carbocycles. The molecule has 3 N–H and O–H groups in total. The summed E-state index contributed by atoms with van der Waals surface area (Å²) in [4.78, 5) is 12.0. The molecule has 6 nitrogen and oxygen atoms in total. The van der Waals surface area contributed by atoms with Crippen LogP contribution in [0.1, 0.15) is 12.5 Å². The van der Waals surface area contributed by atoms with Crippen molar-refractivity contribution < 1.29 is 13.2 Å². The van der Waals surface area contributed by atoms with Gasteiger partial charge >= 0.3 is 0 Å². The van der Waals surface area contributed by atoms with E-state index in [1.807, 2.05) is 25.1 Å². The standard InChI is InChI=1S/C15H18ClN3O3S2.ClH/c1-2-17-9-11-5-3-4-6-12(11)19-14(20)10-18-24(21,22)15-8-7-13(16)23-15;/h3-8,17-18H,2,9-10H2,1H3,(H,19,20);1H. The number of sulfonamides is 1. The lowest BCUT2D eigenvalue weighted by atomic mass is 10.1. The minimum Gasteiger partial charge on any atom is -0.325 e. The quantitative estimate of drug-likeness (QED) is 0.608. The van der Waals surface area contributed by atoms with Crippen molar-refractivity contribution in [1.82, 2.24) is 10.0 Å². The first-order chi connectivity index (χ1) is 11.4. The normalized spacial score (nSPS) is 11.0. The van der Waals surface area contributed by atoms with Crippen LogP contribution in [0.15, 0.2) is 40.6 Å². The Hall–Kier alpha value is -1.16. The molecule has 0 aliphatic carbocycles. The highest BCUT2D eigenvalue weighted by Gasteiger charge is 2.18. The van der Waals surface area contributed by atoms with Gasteiger partial charge in [0.1, 0.15) is 4.21 Å². The highest BCUT2D eigenvalue weighted by atomic mass is 35.5. The molecule has 10 heteroatoms. The summed E-state index contributed by atoms with van der Waals surface area (Å²) in [5.41, 5.74) is 1.59. The second-order valence-corrected chi connectivity index (χ2v) is 8.58. The van der Waals surface area contributed by atoms with Gasteiger partial charge in [0, 0.05) is 12.2 Å². The molecule has 1 heterocycles. The molecule has 2 aromatic rings. The van der Waals surface area contributed by atoms with Crippen LogP contribution in [-0.2, 0) is 21.4 Å². The van der Waals surface area contributed by atoms with Crippen molar-refractivity contribution in [1.29, 1.82) is 0 Å². The van der Waals surface area contributed by atoms with Gasteiger partial charge in [-0.1, -0.05) is 36.7 Å². The lowest BCUT2D eigenvalue weighted by molar-refractivity contribution is -0.115. The van der Waals surface area contributed by atoms with Crippen LogP contribution in [0, 0.1) is 0 Å². The van der Waals surface area contributed by atoms with Crippen LogP contribution in [0.5, 0.6) is 0 Å². The largest absolute Gasteiger partial charge is 0.325 e. The third kappa shape index (κ3) is 6.58. The molecule has 0 aliphatic heterocycles. The van der Waals surface area contributed by atoms with Gasteiger partial charge in [-0.25, -0.2) is 13.1 Å². The first-order valence-corrected chi connectivity index (χ1v) is 9.93. The van der Waals surface area contributed by atoms with Crippen molar-refractivity contribution in [2.75, 3.05) is 18.4 Å². The first-order valence-electron chi connectivity index (χ1n) is 7.26. The van der Waals surface area contributed by atoms with Crippen LogP contribution in [0.3, 0.4) is 0 Å². The third-order valence-corrected chi connectivity index (χ3v) is 6.22. The fourth-order valence-corrected chi connectivity index (χ4v) is 4.43. The molecule has 2 rings (SSSR count). The molecule has 0 unspecified atom stereocenters. The maximum atomic E-state index is 12.1. The lowest BCUT2D eigenvalue weighted by Gasteiger charge is -2.11. The zero-order valence-electron chi connectivity index (χ0n) is 13.4. The highest BCUT2D eigenvalue weighted by molar-refractivity contribution is 7.91. The third-order valence-electron chi connectivity index (χ3n) is 3.09. The van der Waals surface area contributed by atoms with E-state index in [4.69, 9.17) is 11.6 Å². The van der Waals surface area contributed by atoms with Crippen molar-refractivity contribution in [2.45, 2.75) is 17.7 Å². The molecule has 0 bridgehead atoms. The predicted molar refractivity (Wildman–Crippen MR) is 104 cm³/mol. The number of rotatable bonds is 8. The average molecular weight is 424 g/mol. The summed E-state index contributed by atoms with van der Waals surface area (Å²) in [6.07, 6.45) is 0. The number of thiophene rings is 1. The minimum atomic E-state index is -3.74. The van der Waals surface area contributed by atoms with Crippen LogP contribution in [0.25, 0.3) is 0 Å². The first kappa shape index (κ1) is 21.9. The second kappa shape index (κ2) is 10.1. The molecule has 0 saturated carbocycles. The van der Waals surface area contributed by atoms with Gasteiger partial charge in [-0.05, 0) is 30.3 Å². The molecule has 0 spiro atoms. The molecule has 0 saturated heterocycles. The number of halogens is 2. The van der Waals surface area contributed by atoms with E-state index in [-0.39, 0.29) is 23.2 Å². The van der Waals surface area contributed by atoms with E-state index < -0.39 is 15.9 Å². The molecule has 1 amide bonds. The highest BCUT2D eigenvalue weighted by Crippen LogP contribution is 2.25. The van der Waals surface area contributed by atoms with Gasteiger partial charge in [0.15, 0.2) is 0 Å². The Bertz CT molecular complexity index is 810. The summed E-state index contributed by atoms with van der Waals surface area (Å²) in [6, 6.07) is 10.3. The van der Waals surface area contributed by atoms with E-state index in [1.54, 1.807) is 6.07 Å². The number of nitrogens with one attached hydrogen (secondary N) is 3. The Morgan fingerprint density at radius 2 is 1.92 bits per heavy atom. The zero-order valence-corrected chi connectivity index (χ0v) is 16.6. The number of amides is 1. The predicted octanol–water partition coefficient (Wildman–Crippen LogP) is 2.85.